The molecule has 0 saturated carbocycles. The molecule has 1 heterocycles. The first kappa shape index (κ1) is 17.1. The molecule has 0 fully saturated rings. The lowest BCUT2D eigenvalue weighted by Crippen LogP contribution is -2.42. The van der Waals surface area contributed by atoms with Gasteiger partial charge in [0.1, 0.15) is 5.69 Å². The number of carbonyl (C=O) groups excluding carboxylic acids is 1. The average Bonchev–Trinajstić information content (AvgIpc) is 2.42. The Labute approximate surface area is 125 Å². The number of nitrogens with zero attached hydrogens (tertiary/aromatic N) is 2. The van der Waals surface area contributed by atoms with Crippen LogP contribution in [0.2, 0.25) is 0 Å². The third kappa shape index (κ3) is 5.15. The van der Waals surface area contributed by atoms with E-state index in [0.29, 0.717) is 24.2 Å². The van der Waals surface area contributed by atoms with Gasteiger partial charge in [-0.2, -0.15) is 0 Å². The highest BCUT2D eigenvalue weighted by atomic mass is 16.4. The summed E-state index contributed by atoms with van der Waals surface area (Å²) in [5, 5.41) is 11.6. The Bertz CT molecular complexity index is 475. The fourth-order valence-corrected chi connectivity index (χ4v) is 2.17. The molecule has 0 atom stereocenters. The molecule has 0 aliphatic carbocycles. The Morgan fingerprint density at radius 3 is 2.29 bits per heavy atom. The van der Waals surface area contributed by atoms with E-state index in [1.807, 2.05) is 0 Å². The molecule has 0 aliphatic heterocycles. The summed E-state index contributed by atoms with van der Waals surface area (Å²) in [5.74, 6) is -1.35. The first-order valence-corrected chi connectivity index (χ1v) is 7.06. The van der Waals surface area contributed by atoms with Crippen molar-refractivity contribution in [3.05, 3.63) is 29.6 Å². The number of carboxylic acids is 1. The fraction of sp³-hybridized carbons (Fsp3) is 0.533. The molecule has 1 aromatic rings. The van der Waals surface area contributed by atoms with E-state index in [1.54, 1.807) is 0 Å². The summed E-state index contributed by atoms with van der Waals surface area (Å²) >= 11 is 0. The van der Waals surface area contributed by atoms with E-state index in [1.165, 1.54) is 18.3 Å². The standard InChI is InChI=1S/C15H23N3O3/c1-10(2)18(11(3)4)8-7-16-14(19)12-5-6-13(15(20)21)17-9-12/h5-6,9-11H,7-8H2,1-4H3,(H,16,19)(H,20,21). The van der Waals surface area contributed by atoms with E-state index in [9.17, 15) is 9.59 Å². The number of carboxylic acid groups (broad SMARTS) is 1. The van der Waals surface area contributed by atoms with Gasteiger partial charge in [0.15, 0.2) is 0 Å². The maximum absolute atomic E-state index is 11.9. The van der Waals surface area contributed by atoms with Gasteiger partial charge in [0.25, 0.3) is 5.91 Å². The number of rotatable bonds is 7. The van der Waals surface area contributed by atoms with E-state index in [2.05, 4.69) is 42.9 Å². The normalized spacial score (nSPS) is 11.2. The van der Waals surface area contributed by atoms with Gasteiger partial charge in [-0.3, -0.25) is 9.69 Å². The minimum Gasteiger partial charge on any atom is -0.477 e. The van der Waals surface area contributed by atoms with Crippen molar-refractivity contribution in [2.24, 2.45) is 0 Å². The van der Waals surface area contributed by atoms with Crippen LogP contribution in [0.3, 0.4) is 0 Å². The van der Waals surface area contributed by atoms with E-state index < -0.39 is 5.97 Å². The summed E-state index contributed by atoms with van der Waals surface area (Å²) < 4.78 is 0. The van der Waals surface area contributed by atoms with E-state index in [-0.39, 0.29) is 11.6 Å². The second kappa shape index (κ2) is 7.73. The third-order valence-corrected chi connectivity index (χ3v) is 3.23. The summed E-state index contributed by atoms with van der Waals surface area (Å²) in [5.41, 5.74) is 0.290. The van der Waals surface area contributed by atoms with Crippen LogP contribution in [-0.2, 0) is 0 Å². The highest BCUT2D eigenvalue weighted by Gasteiger charge is 2.14. The molecule has 0 aliphatic rings. The number of aromatic nitrogens is 1. The average molecular weight is 293 g/mol. The minimum atomic E-state index is -1.11. The quantitative estimate of drug-likeness (QED) is 0.798. The van der Waals surface area contributed by atoms with Crippen LogP contribution in [0.4, 0.5) is 0 Å². The Morgan fingerprint density at radius 2 is 1.86 bits per heavy atom. The molecule has 2 N–H and O–H groups in total. The molecule has 0 saturated heterocycles. The molecule has 6 nitrogen and oxygen atoms in total. The summed E-state index contributed by atoms with van der Waals surface area (Å²) in [4.78, 5) is 28.6. The summed E-state index contributed by atoms with van der Waals surface area (Å²) in [6, 6.07) is 3.62. The maximum Gasteiger partial charge on any atom is 0.354 e. The summed E-state index contributed by atoms with van der Waals surface area (Å²) in [6.45, 7) is 9.79. The van der Waals surface area contributed by atoms with Crippen LogP contribution in [0.15, 0.2) is 18.3 Å². The van der Waals surface area contributed by atoms with Gasteiger partial charge in [-0.25, -0.2) is 9.78 Å². The predicted octanol–water partition coefficient (Wildman–Crippen LogP) is 1.63. The number of amides is 1. The zero-order chi connectivity index (χ0) is 16.0. The second-order valence-corrected chi connectivity index (χ2v) is 5.42. The first-order valence-electron chi connectivity index (χ1n) is 7.06. The van der Waals surface area contributed by atoms with Gasteiger partial charge < -0.3 is 10.4 Å². The molecule has 21 heavy (non-hydrogen) atoms. The number of carbonyl (C=O) groups is 2. The molecule has 1 amide bonds. The molecular formula is C15H23N3O3. The highest BCUT2D eigenvalue weighted by molar-refractivity contribution is 5.94. The van der Waals surface area contributed by atoms with Crippen LogP contribution in [0.5, 0.6) is 0 Å². The van der Waals surface area contributed by atoms with Gasteiger partial charge in [0.2, 0.25) is 0 Å². The van der Waals surface area contributed by atoms with Crippen molar-refractivity contribution in [3.8, 4) is 0 Å². The topological polar surface area (TPSA) is 82.5 Å². The third-order valence-electron chi connectivity index (χ3n) is 3.23. The van der Waals surface area contributed by atoms with E-state index in [4.69, 9.17) is 5.11 Å². The largest absolute Gasteiger partial charge is 0.477 e. The van der Waals surface area contributed by atoms with Crippen LogP contribution in [0.25, 0.3) is 0 Å². The smallest absolute Gasteiger partial charge is 0.354 e. The van der Waals surface area contributed by atoms with Crippen molar-refractivity contribution in [3.63, 3.8) is 0 Å². The van der Waals surface area contributed by atoms with E-state index >= 15 is 0 Å². The van der Waals surface area contributed by atoms with Crippen molar-refractivity contribution < 1.29 is 14.7 Å². The van der Waals surface area contributed by atoms with Crippen molar-refractivity contribution in [1.82, 2.24) is 15.2 Å². The van der Waals surface area contributed by atoms with Gasteiger partial charge in [-0.15, -0.1) is 0 Å². The van der Waals surface area contributed by atoms with Crippen LogP contribution in [-0.4, -0.2) is 52.0 Å². The highest BCUT2D eigenvalue weighted by Crippen LogP contribution is 2.04. The zero-order valence-electron chi connectivity index (χ0n) is 13.0. The van der Waals surface area contributed by atoms with Gasteiger partial charge in [-0.05, 0) is 39.8 Å². The Hall–Kier alpha value is -1.95. The molecule has 6 heteroatoms. The molecule has 0 unspecified atom stereocenters. The van der Waals surface area contributed by atoms with Crippen LogP contribution >= 0.6 is 0 Å². The Kier molecular flexibility index (Phi) is 6.30. The first-order chi connectivity index (χ1) is 9.82. The SMILES string of the molecule is CC(C)N(CCNC(=O)c1ccc(C(=O)O)nc1)C(C)C. The molecule has 1 rings (SSSR count). The lowest BCUT2D eigenvalue weighted by atomic mass is 10.2. The molecule has 0 radical (unpaired) electrons. The number of hydrogen-bond donors (Lipinski definition) is 2. The Morgan fingerprint density at radius 1 is 1.24 bits per heavy atom. The van der Waals surface area contributed by atoms with Crippen molar-refractivity contribution >= 4 is 11.9 Å². The molecule has 0 aromatic carbocycles. The number of aromatic carboxylic acids is 1. The minimum absolute atomic E-state index is 0.0719. The zero-order valence-corrected chi connectivity index (χ0v) is 13.0. The number of nitrogens with one attached hydrogen (secondary N) is 1. The van der Waals surface area contributed by atoms with Crippen LogP contribution in [0.1, 0.15) is 48.5 Å². The number of hydrogen-bond acceptors (Lipinski definition) is 4. The van der Waals surface area contributed by atoms with Crippen molar-refractivity contribution in [2.75, 3.05) is 13.1 Å². The molecule has 1 aromatic heterocycles. The lowest BCUT2D eigenvalue weighted by molar-refractivity contribution is 0.0689. The van der Waals surface area contributed by atoms with E-state index in [0.717, 1.165) is 6.54 Å². The van der Waals surface area contributed by atoms with Crippen molar-refractivity contribution in [2.45, 2.75) is 39.8 Å². The van der Waals surface area contributed by atoms with Crippen molar-refractivity contribution in [1.29, 1.82) is 0 Å². The molecule has 0 spiro atoms. The van der Waals surface area contributed by atoms with Gasteiger partial charge in [0.05, 0.1) is 5.56 Å². The monoisotopic (exact) mass is 293 g/mol. The van der Waals surface area contributed by atoms with Crippen LogP contribution < -0.4 is 5.32 Å². The lowest BCUT2D eigenvalue weighted by Gasteiger charge is -2.30. The number of pyridine rings is 1. The summed E-state index contributed by atoms with van der Waals surface area (Å²) in [6.07, 6.45) is 1.28. The Balaban J connectivity index is 2.52. The van der Waals surface area contributed by atoms with Gasteiger partial charge in [0, 0.05) is 31.4 Å². The van der Waals surface area contributed by atoms with Gasteiger partial charge in [-0.1, -0.05) is 0 Å². The second-order valence-electron chi connectivity index (χ2n) is 5.42. The predicted molar refractivity (Wildman–Crippen MR) is 80.5 cm³/mol. The van der Waals surface area contributed by atoms with Crippen LogP contribution in [0, 0.1) is 0 Å². The molecular weight excluding hydrogens is 270 g/mol. The van der Waals surface area contributed by atoms with Gasteiger partial charge >= 0.3 is 5.97 Å². The molecule has 116 valence electrons. The summed E-state index contributed by atoms with van der Waals surface area (Å²) in [7, 11) is 0. The maximum atomic E-state index is 11.9. The molecule has 0 bridgehead atoms. The fourth-order valence-electron chi connectivity index (χ4n) is 2.17.